The number of benzene rings is 2. The molecule has 0 bridgehead atoms. The molecule has 0 spiro atoms. The van der Waals surface area contributed by atoms with Gasteiger partial charge in [-0.05, 0) is 23.8 Å². The van der Waals surface area contributed by atoms with Crippen molar-refractivity contribution in [1.29, 1.82) is 0 Å². The van der Waals surface area contributed by atoms with Crippen LogP contribution in [0.5, 0.6) is 0 Å². The number of fused-ring (bicyclic) bond motifs is 1. The Morgan fingerprint density at radius 1 is 1.10 bits per heavy atom. The number of aromatic nitrogens is 2. The van der Waals surface area contributed by atoms with Crippen molar-refractivity contribution in [3.63, 3.8) is 0 Å². The first-order valence-electron chi connectivity index (χ1n) is 7.11. The van der Waals surface area contributed by atoms with E-state index in [1.165, 1.54) is 0 Å². The summed E-state index contributed by atoms with van der Waals surface area (Å²) >= 11 is 0. The molecule has 0 aliphatic heterocycles. The van der Waals surface area contributed by atoms with E-state index in [9.17, 15) is 0 Å². The molecule has 0 saturated carbocycles. The summed E-state index contributed by atoms with van der Waals surface area (Å²) in [6, 6.07) is 14.1. The molecule has 0 fully saturated rings. The number of aryl methyl sites for hydroxylation is 1. The van der Waals surface area contributed by atoms with Crippen molar-refractivity contribution in [2.45, 2.75) is 27.2 Å². The molecule has 0 atom stereocenters. The summed E-state index contributed by atoms with van der Waals surface area (Å²) in [5.74, 6) is 1.02. The number of hydrogen-bond donors (Lipinski definition) is 2. The summed E-state index contributed by atoms with van der Waals surface area (Å²) in [6.45, 7) is 6.09. The molecule has 3 rings (SSSR count). The number of nitrogen functional groups attached to an aromatic ring is 1. The summed E-state index contributed by atoms with van der Waals surface area (Å²) < 4.78 is 0. The number of H-pyrrole nitrogens is 1. The predicted molar refractivity (Wildman–Crippen MR) is 86.7 cm³/mol. The van der Waals surface area contributed by atoms with Gasteiger partial charge in [0.15, 0.2) is 0 Å². The average molecular weight is 267 g/mol. The van der Waals surface area contributed by atoms with Crippen LogP contribution in [0.4, 0.5) is 5.69 Å². The van der Waals surface area contributed by atoms with E-state index < -0.39 is 0 Å². The summed E-state index contributed by atoms with van der Waals surface area (Å²) in [7, 11) is 0. The lowest BCUT2D eigenvalue weighted by Crippen LogP contribution is -1.88. The normalized spacial score (nSPS) is 10.2. The van der Waals surface area contributed by atoms with Crippen molar-refractivity contribution in [3.05, 3.63) is 48.3 Å². The summed E-state index contributed by atoms with van der Waals surface area (Å²) in [6.07, 6.45) is 0.914. The summed E-state index contributed by atoms with van der Waals surface area (Å²) in [4.78, 5) is 7.82. The minimum atomic E-state index is 0.798. The fraction of sp³-hybridized carbons (Fsp3) is 0.235. The second-order valence-electron chi connectivity index (χ2n) is 4.36. The zero-order chi connectivity index (χ0) is 14.5. The molecular formula is C17H21N3. The van der Waals surface area contributed by atoms with Crippen LogP contribution in [-0.4, -0.2) is 9.97 Å². The molecule has 0 radical (unpaired) electrons. The number of imidazole rings is 1. The van der Waals surface area contributed by atoms with Gasteiger partial charge in [0.25, 0.3) is 0 Å². The third-order valence-electron chi connectivity index (χ3n) is 3.14. The molecule has 3 heteroatoms. The second-order valence-corrected chi connectivity index (χ2v) is 4.36. The van der Waals surface area contributed by atoms with Crippen molar-refractivity contribution in [2.75, 3.05) is 5.73 Å². The lowest BCUT2D eigenvalue weighted by atomic mass is 10.0. The van der Waals surface area contributed by atoms with Crippen LogP contribution in [0, 0.1) is 0 Å². The highest BCUT2D eigenvalue weighted by molar-refractivity contribution is 5.85. The zero-order valence-electron chi connectivity index (χ0n) is 12.3. The van der Waals surface area contributed by atoms with Gasteiger partial charge in [-0.25, -0.2) is 4.98 Å². The van der Waals surface area contributed by atoms with Crippen LogP contribution in [0.1, 0.15) is 26.6 Å². The molecule has 2 aromatic carbocycles. The highest BCUT2D eigenvalue weighted by Crippen LogP contribution is 2.27. The number of nitrogens with zero attached hydrogens (tertiary/aromatic N) is 1. The number of para-hydroxylation sites is 1. The first-order chi connectivity index (χ1) is 9.78. The third kappa shape index (κ3) is 2.67. The number of anilines is 1. The van der Waals surface area contributed by atoms with Crippen LogP contribution < -0.4 is 5.73 Å². The number of nitrogens with two attached hydrogens (primary N) is 1. The van der Waals surface area contributed by atoms with E-state index in [1.54, 1.807) is 0 Å². The van der Waals surface area contributed by atoms with Crippen molar-refractivity contribution in [2.24, 2.45) is 0 Å². The topological polar surface area (TPSA) is 54.7 Å². The molecule has 3 N–H and O–H groups in total. The van der Waals surface area contributed by atoms with Crippen molar-refractivity contribution < 1.29 is 0 Å². The Morgan fingerprint density at radius 2 is 1.85 bits per heavy atom. The van der Waals surface area contributed by atoms with Gasteiger partial charge in [-0.2, -0.15) is 0 Å². The van der Waals surface area contributed by atoms with Gasteiger partial charge < -0.3 is 10.7 Å². The van der Waals surface area contributed by atoms with E-state index in [0.29, 0.717) is 0 Å². The van der Waals surface area contributed by atoms with Crippen molar-refractivity contribution in [1.82, 2.24) is 9.97 Å². The van der Waals surface area contributed by atoms with Gasteiger partial charge in [-0.3, -0.25) is 0 Å². The van der Waals surface area contributed by atoms with Gasteiger partial charge in [-0.1, -0.05) is 45.0 Å². The number of aromatic amines is 1. The lowest BCUT2D eigenvalue weighted by molar-refractivity contribution is 1.00. The van der Waals surface area contributed by atoms with E-state index in [-0.39, 0.29) is 0 Å². The van der Waals surface area contributed by atoms with Crippen molar-refractivity contribution in [3.8, 4) is 11.1 Å². The SMILES string of the molecule is CC.CCc1nc2ccc(-c3ccccc3N)cc2[nH]1. The summed E-state index contributed by atoms with van der Waals surface area (Å²) in [5, 5.41) is 0. The molecule has 104 valence electrons. The Bertz CT molecular complexity index is 698. The second kappa shape index (κ2) is 6.24. The first-order valence-corrected chi connectivity index (χ1v) is 7.11. The van der Waals surface area contributed by atoms with E-state index in [0.717, 1.165) is 40.1 Å². The van der Waals surface area contributed by atoms with E-state index in [1.807, 2.05) is 44.2 Å². The Labute approximate surface area is 119 Å². The number of rotatable bonds is 2. The predicted octanol–water partition coefficient (Wildman–Crippen LogP) is 4.40. The highest BCUT2D eigenvalue weighted by atomic mass is 14.9. The van der Waals surface area contributed by atoms with Crippen molar-refractivity contribution >= 4 is 16.7 Å². The summed E-state index contributed by atoms with van der Waals surface area (Å²) in [5.41, 5.74) is 11.0. The van der Waals surface area contributed by atoms with Gasteiger partial charge in [0, 0.05) is 17.7 Å². The minimum absolute atomic E-state index is 0.798. The fourth-order valence-corrected chi connectivity index (χ4v) is 2.16. The van der Waals surface area contributed by atoms with Gasteiger partial charge >= 0.3 is 0 Å². The minimum Gasteiger partial charge on any atom is -0.398 e. The largest absolute Gasteiger partial charge is 0.398 e. The Hall–Kier alpha value is -2.29. The van der Waals surface area contributed by atoms with Crippen LogP contribution in [0.25, 0.3) is 22.2 Å². The molecule has 20 heavy (non-hydrogen) atoms. The van der Waals surface area contributed by atoms with Crippen LogP contribution in [0.3, 0.4) is 0 Å². The van der Waals surface area contributed by atoms with Crippen LogP contribution in [0.15, 0.2) is 42.5 Å². The fourth-order valence-electron chi connectivity index (χ4n) is 2.16. The van der Waals surface area contributed by atoms with E-state index >= 15 is 0 Å². The third-order valence-corrected chi connectivity index (χ3v) is 3.14. The van der Waals surface area contributed by atoms with Gasteiger partial charge in [0.1, 0.15) is 5.82 Å². The molecule has 0 saturated heterocycles. The van der Waals surface area contributed by atoms with Gasteiger partial charge in [0.2, 0.25) is 0 Å². The Morgan fingerprint density at radius 3 is 2.55 bits per heavy atom. The zero-order valence-corrected chi connectivity index (χ0v) is 12.3. The maximum absolute atomic E-state index is 6.00. The van der Waals surface area contributed by atoms with Crippen LogP contribution in [-0.2, 0) is 6.42 Å². The van der Waals surface area contributed by atoms with Gasteiger partial charge in [0.05, 0.1) is 11.0 Å². The maximum atomic E-state index is 6.00. The Kier molecular flexibility index (Phi) is 4.41. The lowest BCUT2D eigenvalue weighted by Gasteiger charge is -2.05. The van der Waals surface area contributed by atoms with E-state index in [2.05, 4.69) is 29.0 Å². The first kappa shape index (κ1) is 14.1. The molecule has 1 aromatic heterocycles. The molecule has 0 amide bonds. The molecule has 0 aliphatic rings. The smallest absolute Gasteiger partial charge is 0.106 e. The highest BCUT2D eigenvalue weighted by Gasteiger charge is 2.05. The van der Waals surface area contributed by atoms with Crippen LogP contribution in [0.2, 0.25) is 0 Å². The van der Waals surface area contributed by atoms with E-state index in [4.69, 9.17) is 5.73 Å². The Balaban J connectivity index is 0.000000704. The average Bonchev–Trinajstić information content (AvgIpc) is 2.92. The van der Waals surface area contributed by atoms with Crippen LogP contribution >= 0.6 is 0 Å². The monoisotopic (exact) mass is 267 g/mol. The van der Waals surface area contributed by atoms with Gasteiger partial charge in [-0.15, -0.1) is 0 Å². The maximum Gasteiger partial charge on any atom is 0.106 e. The number of hydrogen-bond acceptors (Lipinski definition) is 2. The quantitative estimate of drug-likeness (QED) is 0.676. The number of nitrogens with one attached hydrogen (secondary N) is 1. The molecule has 0 aliphatic carbocycles. The standard InChI is InChI=1S/C15H15N3.C2H6/c1-2-15-17-13-8-7-10(9-14(13)18-15)11-5-3-4-6-12(11)16;1-2/h3-9H,2,16H2,1H3,(H,17,18);1-2H3. The molecular weight excluding hydrogens is 246 g/mol. The molecule has 3 aromatic rings. The molecule has 3 nitrogen and oxygen atoms in total. The molecule has 0 unspecified atom stereocenters. The molecule has 1 heterocycles.